The Morgan fingerprint density at radius 1 is 1.07 bits per heavy atom. The van der Waals surface area contributed by atoms with Crippen LogP contribution in [0.15, 0.2) is 29.3 Å². The van der Waals surface area contributed by atoms with Crippen molar-refractivity contribution in [1.29, 1.82) is 0 Å². The van der Waals surface area contributed by atoms with Gasteiger partial charge >= 0.3 is 0 Å². The summed E-state index contributed by atoms with van der Waals surface area (Å²) in [6, 6.07) is 9.02. The molecule has 29 heavy (non-hydrogen) atoms. The number of guanidine groups is 1. The minimum Gasteiger partial charge on any atom is -0.379 e. The molecular formula is C22H39IN4O2. The quantitative estimate of drug-likeness (QED) is 0.299. The Hall–Kier alpha value is -0.900. The molecule has 1 aromatic rings. The number of benzene rings is 1. The van der Waals surface area contributed by atoms with Crippen molar-refractivity contribution < 1.29 is 9.47 Å². The first-order valence-corrected chi connectivity index (χ1v) is 10.4. The summed E-state index contributed by atoms with van der Waals surface area (Å²) in [5, 5.41) is 6.92. The van der Waals surface area contributed by atoms with Crippen molar-refractivity contribution in [2.24, 2.45) is 10.9 Å². The third-order valence-electron chi connectivity index (χ3n) is 5.05. The number of ether oxygens (including phenoxy) is 2. The average Bonchev–Trinajstić information content (AvgIpc) is 2.70. The van der Waals surface area contributed by atoms with Crippen LogP contribution in [-0.2, 0) is 22.6 Å². The van der Waals surface area contributed by atoms with Gasteiger partial charge in [-0.15, -0.1) is 24.0 Å². The largest absolute Gasteiger partial charge is 0.379 e. The standard InChI is InChI=1S/C22H38N4O2.HI/c1-17(2)21(26-10-12-27-13-11-26)15-25-22(23-5)24-14-19-6-8-20(9-7-19)16-28-18(3)4;/h6-9,17-18,21H,10-16H2,1-5H3,(H2,23,24,25);1H. The molecule has 7 heteroatoms. The van der Waals surface area contributed by atoms with Crippen molar-refractivity contribution in [2.45, 2.75) is 53.0 Å². The third-order valence-corrected chi connectivity index (χ3v) is 5.05. The Balaban J connectivity index is 0.00000420. The van der Waals surface area contributed by atoms with Crippen LogP contribution in [0.1, 0.15) is 38.8 Å². The fraction of sp³-hybridized carbons (Fsp3) is 0.682. The second-order valence-electron chi connectivity index (χ2n) is 7.94. The molecule has 0 saturated carbocycles. The van der Waals surface area contributed by atoms with Gasteiger partial charge in [-0.25, -0.2) is 0 Å². The molecule has 1 aliphatic heterocycles. The van der Waals surface area contributed by atoms with E-state index in [2.05, 4.69) is 72.5 Å². The maximum atomic E-state index is 5.65. The second kappa shape index (κ2) is 14.2. The molecule has 6 nitrogen and oxygen atoms in total. The number of rotatable bonds is 9. The molecule has 1 heterocycles. The van der Waals surface area contributed by atoms with Crippen LogP contribution in [0.5, 0.6) is 0 Å². The molecule has 0 aromatic heterocycles. The van der Waals surface area contributed by atoms with E-state index < -0.39 is 0 Å². The highest BCUT2D eigenvalue weighted by Gasteiger charge is 2.23. The number of morpholine rings is 1. The van der Waals surface area contributed by atoms with E-state index in [1.54, 1.807) is 0 Å². The van der Waals surface area contributed by atoms with Crippen molar-refractivity contribution in [3.05, 3.63) is 35.4 Å². The molecule has 166 valence electrons. The highest BCUT2D eigenvalue weighted by Crippen LogP contribution is 2.12. The molecular weight excluding hydrogens is 479 g/mol. The summed E-state index contributed by atoms with van der Waals surface area (Å²) < 4.78 is 11.1. The van der Waals surface area contributed by atoms with E-state index in [0.717, 1.165) is 45.4 Å². The second-order valence-corrected chi connectivity index (χ2v) is 7.94. The summed E-state index contributed by atoms with van der Waals surface area (Å²) in [5.41, 5.74) is 2.43. The van der Waals surface area contributed by atoms with E-state index in [4.69, 9.17) is 9.47 Å². The average molecular weight is 518 g/mol. The van der Waals surface area contributed by atoms with Gasteiger partial charge in [0.15, 0.2) is 5.96 Å². The van der Waals surface area contributed by atoms with Crippen LogP contribution in [0.3, 0.4) is 0 Å². The molecule has 1 unspecified atom stereocenters. The maximum absolute atomic E-state index is 5.65. The molecule has 2 N–H and O–H groups in total. The van der Waals surface area contributed by atoms with Crippen LogP contribution >= 0.6 is 24.0 Å². The fourth-order valence-corrected chi connectivity index (χ4v) is 3.32. The predicted octanol–water partition coefficient (Wildman–Crippen LogP) is 3.25. The number of aliphatic imine (C=N–C) groups is 1. The van der Waals surface area contributed by atoms with Gasteiger partial charge in [0.25, 0.3) is 0 Å². The minimum absolute atomic E-state index is 0. The van der Waals surface area contributed by atoms with Crippen molar-refractivity contribution >= 4 is 29.9 Å². The summed E-state index contributed by atoms with van der Waals surface area (Å²) in [5.74, 6) is 1.41. The topological polar surface area (TPSA) is 58.1 Å². The highest BCUT2D eigenvalue weighted by molar-refractivity contribution is 14.0. The first-order chi connectivity index (χ1) is 13.5. The molecule has 1 aromatic carbocycles. The number of nitrogens with zero attached hydrogens (tertiary/aromatic N) is 2. The smallest absolute Gasteiger partial charge is 0.191 e. The van der Waals surface area contributed by atoms with E-state index in [-0.39, 0.29) is 30.1 Å². The summed E-state index contributed by atoms with van der Waals surface area (Å²) >= 11 is 0. The van der Waals surface area contributed by atoms with Crippen LogP contribution in [0.2, 0.25) is 0 Å². The van der Waals surface area contributed by atoms with Gasteiger partial charge in [0.2, 0.25) is 0 Å². The fourth-order valence-electron chi connectivity index (χ4n) is 3.32. The number of hydrogen-bond donors (Lipinski definition) is 2. The van der Waals surface area contributed by atoms with Gasteiger partial charge in [-0.1, -0.05) is 38.1 Å². The Morgan fingerprint density at radius 2 is 1.69 bits per heavy atom. The first-order valence-electron chi connectivity index (χ1n) is 10.4. The van der Waals surface area contributed by atoms with Gasteiger partial charge in [-0.3, -0.25) is 9.89 Å². The van der Waals surface area contributed by atoms with Crippen molar-refractivity contribution in [2.75, 3.05) is 39.9 Å². The molecule has 1 saturated heterocycles. The van der Waals surface area contributed by atoms with Gasteiger partial charge in [0, 0.05) is 39.3 Å². The summed E-state index contributed by atoms with van der Waals surface area (Å²) in [6.45, 7) is 14.6. The highest BCUT2D eigenvalue weighted by atomic mass is 127. The van der Waals surface area contributed by atoms with Crippen LogP contribution in [0.25, 0.3) is 0 Å². The van der Waals surface area contributed by atoms with Crippen LogP contribution < -0.4 is 10.6 Å². The zero-order valence-corrected chi connectivity index (χ0v) is 20.9. The molecule has 1 atom stereocenters. The first kappa shape index (κ1) is 26.1. The van der Waals surface area contributed by atoms with Gasteiger partial charge in [-0.05, 0) is 30.9 Å². The number of hydrogen-bond acceptors (Lipinski definition) is 4. The van der Waals surface area contributed by atoms with Gasteiger partial charge in [-0.2, -0.15) is 0 Å². The minimum atomic E-state index is 0. The lowest BCUT2D eigenvalue weighted by atomic mass is 10.0. The molecule has 1 fully saturated rings. The lowest BCUT2D eigenvalue weighted by Crippen LogP contribution is -2.52. The Bertz CT molecular complexity index is 587. The molecule has 2 rings (SSSR count). The molecule has 0 bridgehead atoms. The Kier molecular flexibility index (Phi) is 12.8. The summed E-state index contributed by atoms with van der Waals surface area (Å²) in [7, 11) is 1.82. The lowest BCUT2D eigenvalue weighted by molar-refractivity contribution is 0.00752. The van der Waals surface area contributed by atoms with Crippen LogP contribution in [0, 0.1) is 5.92 Å². The van der Waals surface area contributed by atoms with Crippen LogP contribution in [-0.4, -0.2) is 62.9 Å². The molecule has 0 radical (unpaired) electrons. The van der Waals surface area contributed by atoms with Crippen molar-refractivity contribution in [1.82, 2.24) is 15.5 Å². The normalized spacial score (nSPS) is 16.6. The molecule has 0 aliphatic carbocycles. The zero-order valence-electron chi connectivity index (χ0n) is 18.6. The molecule has 1 aliphatic rings. The van der Waals surface area contributed by atoms with Gasteiger partial charge < -0.3 is 20.1 Å². The lowest BCUT2D eigenvalue weighted by Gasteiger charge is -2.37. The zero-order chi connectivity index (χ0) is 20.4. The Morgan fingerprint density at radius 3 is 2.24 bits per heavy atom. The van der Waals surface area contributed by atoms with Crippen molar-refractivity contribution in [3.8, 4) is 0 Å². The molecule has 0 spiro atoms. The monoisotopic (exact) mass is 518 g/mol. The predicted molar refractivity (Wildman–Crippen MR) is 131 cm³/mol. The van der Waals surface area contributed by atoms with E-state index in [9.17, 15) is 0 Å². The number of nitrogens with one attached hydrogen (secondary N) is 2. The van der Waals surface area contributed by atoms with E-state index in [0.29, 0.717) is 18.6 Å². The van der Waals surface area contributed by atoms with E-state index in [1.807, 2.05) is 7.05 Å². The SMILES string of the molecule is CN=C(NCc1ccc(COC(C)C)cc1)NCC(C(C)C)N1CCOCC1.I. The third kappa shape index (κ3) is 9.63. The van der Waals surface area contributed by atoms with E-state index in [1.165, 1.54) is 11.1 Å². The maximum Gasteiger partial charge on any atom is 0.191 e. The van der Waals surface area contributed by atoms with Gasteiger partial charge in [0.1, 0.15) is 0 Å². The summed E-state index contributed by atoms with van der Waals surface area (Å²) in [4.78, 5) is 6.90. The number of halogens is 1. The van der Waals surface area contributed by atoms with Crippen molar-refractivity contribution in [3.63, 3.8) is 0 Å². The molecule has 0 amide bonds. The Labute approximate surface area is 193 Å². The van der Waals surface area contributed by atoms with Gasteiger partial charge in [0.05, 0.1) is 25.9 Å². The van der Waals surface area contributed by atoms with E-state index >= 15 is 0 Å². The van der Waals surface area contributed by atoms with Crippen LogP contribution in [0.4, 0.5) is 0 Å². The summed E-state index contributed by atoms with van der Waals surface area (Å²) in [6.07, 6.45) is 0.253.